The third kappa shape index (κ3) is 4.30. The van der Waals surface area contributed by atoms with Gasteiger partial charge in [0.1, 0.15) is 5.75 Å². The number of allylic oxidation sites excluding steroid dienone is 2. The number of rotatable bonds is 3. The number of hydrogen-bond donors (Lipinski definition) is 3. The number of amides is 1. The molecule has 2 saturated carbocycles. The first-order chi connectivity index (χ1) is 19.3. The summed E-state index contributed by atoms with van der Waals surface area (Å²) in [6.45, 7) is 0. The van der Waals surface area contributed by atoms with Crippen LogP contribution in [0.2, 0.25) is 0 Å². The molecule has 41 heavy (non-hydrogen) atoms. The van der Waals surface area contributed by atoms with Crippen molar-refractivity contribution in [2.45, 2.75) is 50.2 Å². The van der Waals surface area contributed by atoms with Crippen molar-refractivity contribution in [3.63, 3.8) is 0 Å². The molecule has 0 spiro atoms. The molecule has 0 aromatic heterocycles. The van der Waals surface area contributed by atoms with E-state index in [0.29, 0.717) is 11.3 Å². The SMILES string of the molecule is CN(C)c1cc(C#CC2=CCCCC2)c(O)c2c1C[C@@H]1C[C@@H]3[C@@H](N(C)C)C(=O)C(C(N)=O)C(=O)[C@]3(O)C(=O)C1C2=O. The number of benzene rings is 1. The standard InChI is InChI=1S/C31H35N3O7/c1-33(2)20-14-16(11-10-15-8-6-5-7-9-15)25(35)22-18(20)12-17-13-19-24(34(3)4)27(37)23(30(32)40)29(39)31(19,41)28(38)21(17)26(22)36/h8,14,17,19,21,23-24,35,41H,5-7,9,12-13H2,1-4H3,(H2,32,40)/t17-,19-,21?,23?,24-,31-/m1/s1. The number of aromatic hydroxyl groups is 1. The molecule has 4 aliphatic carbocycles. The summed E-state index contributed by atoms with van der Waals surface area (Å²) < 4.78 is 0. The molecule has 2 unspecified atom stereocenters. The highest BCUT2D eigenvalue weighted by Gasteiger charge is 2.69. The number of phenols is 1. The maximum absolute atomic E-state index is 14.1. The maximum Gasteiger partial charge on any atom is 0.235 e. The van der Waals surface area contributed by atoms with Crippen molar-refractivity contribution in [2.24, 2.45) is 29.4 Å². The molecule has 1 aromatic carbocycles. The molecule has 0 saturated heterocycles. The summed E-state index contributed by atoms with van der Waals surface area (Å²) in [7, 11) is 6.73. The van der Waals surface area contributed by atoms with Crippen LogP contribution in [0.15, 0.2) is 17.7 Å². The quantitative estimate of drug-likeness (QED) is 0.358. The second-order valence-corrected chi connectivity index (χ2v) is 12.1. The second-order valence-electron chi connectivity index (χ2n) is 12.1. The lowest BCUT2D eigenvalue weighted by Crippen LogP contribution is -2.74. The van der Waals surface area contributed by atoms with Gasteiger partial charge in [0.2, 0.25) is 5.91 Å². The van der Waals surface area contributed by atoms with Gasteiger partial charge in [-0.25, -0.2) is 0 Å². The molecule has 5 rings (SSSR count). The van der Waals surface area contributed by atoms with E-state index in [2.05, 4.69) is 17.9 Å². The summed E-state index contributed by atoms with van der Waals surface area (Å²) in [5, 5.41) is 23.1. The molecule has 1 aromatic rings. The predicted octanol–water partition coefficient (Wildman–Crippen LogP) is 0.785. The van der Waals surface area contributed by atoms with Crippen molar-refractivity contribution in [1.82, 2.24) is 4.90 Å². The number of carbonyl (C=O) groups is 5. The molecule has 0 heterocycles. The highest BCUT2D eigenvalue weighted by atomic mass is 16.3. The number of carbonyl (C=O) groups excluding carboxylic acids is 5. The van der Waals surface area contributed by atoms with Gasteiger partial charge in [-0.3, -0.25) is 28.9 Å². The van der Waals surface area contributed by atoms with Crippen molar-refractivity contribution in [1.29, 1.82) is 0 Å². The minimum Gasteiger partial charge on any atom is -0.506 e. The molecule has 1 amide bonds. The Labute approximate surface area is 238 Å². The number of ketones is 4. The smallest absolute Gasteiger partial charge is 0.235 e. The fourth-order valence-corrected chi connectivity index (χ4v) is 7.25. The Balaban J connectivity index is 1.64. The van der Waals surface area contributed by atoms with E-state index in [1.165, 1.54) is 4.90 Å². The van der Waals surface area contributed by atoms with E-state index < -0.39 is 64.4 Å². The van der Waals surface area contributed by atoms with Crippen LogP contribution < -0.4 is 10.6 Å². The Morgan fingerprint density at radius 2 is 1.78 bits per heavy atom. The van der Waals surface area contributed by atoms with Gasteiger partial charge in [-0.05, 0) is 75.7 Å². The summed E-state index contributed by atoms with van der Waals surface area (Å²) in [6, 6.07) is 0.595. The highest BCUT2D eigenvalue weighted by Crippen LogP contribution is 2.52. The number of anilines is 1. The zero-order valence-electron chi connectivity index (χ0n) is 23.7. The van der Waals surface area contributed by atoms with E-state index in [1.54, 1.807) is 34.3 Å². The van der Waals surface area contributed by atoms with Gasteiger partial charge in [0.25, 0.3) is 0 Å². The van der Waals surface area contributed by atoms with Crippen molar-refractivity contribution in [3.8, 4) is 17.6 Å². The third-order valence-electron chi connectivity index (χ3n) is 9.17. The molecular formula is C31H35N3O7. The number of fused-ring (bicyclic) bond motifs is 3. The maximum atomic E-state index is 14.1. The van der Waals surface area contributed by atoms with Gasteiger partial charge in [-0.1, -0.05) is 17.9 Å². The van der Waals surface area contributed by atoms with Crippen LogP contribution in [0.25, 0.3) is 0 Å². The molecule has 0 radical (unpaired) electrons. The highest BCUT2D eigenvalue weighted by molar-refractivity contribution is 6.32. The lowest BCUT2D eigenvalue weighted by Gasteiger charge is -2.52. The Kier molecular flexibility index (Phi) is 7.16. The van der Waals surface area contributed by atoms with Crippen molar-refractivity contribution < 1.29 is 34.2 Å². The molecule has 216 valence electrons. The molecule has 4 aliphatic rings. The summed E-state index contributed by atoms with van der Waals surface area (Å²) in [6.07, 6.45) is 6.18. The monoisotopic (exact) mass is 561 g/mol. The van der Waals surface area contributed by atoms with E-state index in [4.69, 9.17) is 5.73 Å². The van der Waals surface area contributed by atoms with E-state index in [1.807, 2.05) is 4.90 Å². The number of nitrogens with two attached hydrogens (primary N) is 1. The van der Waals surface area contributed by atoms with Crippen LogP contribution in [-0.2, 0) is 25.6 Å². The van der Waals surface area contributed by atoms with Crippen LogP contribution in [0.1, 0.15) is 53.6 Å². The van der Waals surface area contributed by atoms with Crippen LogP contribution in [0.3, 0.4) is 0 Å². The van der Waals surface area contributed by atoms with Crippen LogP contribution in [0.4, 0.5) is 5.69 Å². The summed E-state index contributed by atoms with van der Waals surface area (Å²) in [5.74, 6) is -4.54. The molecule has 10 heteroatoms. The Bertz CT molecular complexity index is 1480. The average molecular weight is 562 g/mol. The largest absolute Gasteiger partial charge is 0.506 e. The number of phenolic OH excluding ortho intramolecular Hbond substituents is 1. The molecule has 6 atom stereocenters. The van der Waals surface area contributed by atoms with Gasteiger partial charge in [-0.15, -0.1) is 0 Å². The van der Waals surface area contributed by atoms with Gasteiger partial charge >= 0.3 is 0 Å². The fraction of sp³-hybridized carbons (Fsp3) is 0.516. The van der Waals surface area contributed by atoms with Gasteiger partial charge in [-0.2, -0.15) is 0 Å². The third-order valence-corrected chi connectivity index (χ3v) is 9.17. The number of Topliss-reactive ketones (excluding diaryl/α,β-unsaturated/α-hetero) is 4. The van der Waals surface area contributed by atoms with Gasteiger partial charge < -0.3 is 20.8 Å². The first-order valence-electron chi connectivity index (χ1n) is 13.9. The summed E-state index contributed by atoms with van der Waals surface area (Å²) in [4.78, 5) is 70.2. The lowest BCUT2D eigenvalue weighted by molar-refractivity contribution is -0.181. The predicted molar refractivity (Wildman–Crippen MR) is 149 cm³/mol. The number of hydrogen-bond acceptors (Lipinski definition) is 9. The molecular weight excluding hydrogens is 526 g/mol. The molecule has 0 bridgehead atoms. The second kappa shape index (κ2) is 10.2. The fourth-order valence-electron chi connectivity index (χ4n) is 7.25. The first-order valence-corrected chi connectivity index (χ1v) is 13.9. The molecule has 4 N–H and O–H groups in total. The Hall–Kier alpha value is -3.81. The average Bonchev–Trinajstić information content (AvgIpc) is 2.90. The van der Waals surface area contributed by atoms with E-state index in [9.17, 15) is 34.2 Å². The molecule has 2 fully saturated rings. The van der Waals surface area contributed by atoms with Crippen molar-refractivity contribution in [2.75, 3.05) is 33.1 Å². The van der Waals surface area contributed by atoms with Crippen LogP contribution >= 0.6 is 0 Å². The van der Waals surface area contributed by atoms with E-state index in [0.717, 1.165) is 31.3 Å². The number of likely N-dealkylation sites (N-methyl/N-ethyl adjacent to an activating group) is 1. The van der Waals surface area contributed by atoms with Crippen molar-refractivity contribution in [3.05, 3.63) is 34.4 Å². The Morgan fingerprint density at radius 3 is 2.37 bits per heavy atom. The van der Waals surface area contributed by atoms with Crippen LogP contribution in [0, 0.1) is 35.5 Å². The summed E-state index contributed by atoms with van der Waals surface area (Å²) in [5.41, 5.74) is 4.99. The van der Waals surface area contributed by atoms with Crippen LogP contribution in [0.5, 0.6) is 5.75 Å². The van der Waals surface area contributed by atoms with Crippen LogP contribution in [-0.4, -0.2) is 84.0 Å². The number of primary amides is 1. The topological polar surface area (TPSA) is 158 Å². The molecule has 0 aliphatic heterocycles. The first kappa shape index (κ1) is 28.7. The number of nitrogens with zero attached hydrogens (tertiary/aromatic N) is 2. The van der Waals surface area contributed by atoms with E-state index in [-0.39, 0.29) is 29.7 Å². The lowest BCUT2D eigenvalue weighted by atomic mass is 9.52. The van der Waals surface area contributed by atoms with Gasteiger partial charge in [0.15, 0.2) is 34.7 Å². The molecule has 10 nitrogen and oxygen atoms in total. The summed E-state index contributed by atoms with van der Waals surface area (Å²) >= 11 is 0. The minimum atomic E-state index is -2.75. The Morgan fingerprint density at radius 1 is 1.07 bits per heavy atom. The van der Waals surface area contributed by atoms with Gasteiger partial charge in [0, 0.05) is 25.7 Å². The van der Waals surface area contributed by atoms with Crippen molar-refractivity contribution >= 4 is 34.7 Å². The zero-order chi connectivity index (χ0) is 30.0. The van der Waals surface area contributed by atoms with E-state index >= 15 is 0 Å². The minimum absolute atomic E-state index is 0.00718. The van der Waals surface area contributed by atoms with Gasteiger partial charge in [0.05, 0.1) is 23.1 Å². The zero-order valence-corrected chi connectivity index (χ0v) is 23.7. The number of aliphatic hydroxyl groups is 1. The normalized spacial score (nSPS) is 31.0.